The van der Waals surface area contributed by atoms with Gasteiger partial charge in [0.25, 0.3) is 0 Å². The van der Waals surface area contributed by atoms with E-state index in [1.807, 2.05) is 49.4 Å². The first-order valence-electron chi connectivity index (χ1n) is 7.37. The number of ether oxygens (including phenoxy) is 1. The third-order valence-corrected chi connectivity index (χ3v) is 3.81. The molecule has 0 fully saturated rings. The van der Waals surface area contributed by atoms with Gasteiger partial charge < -0.3 is 15.0 Å². The Hall–Kier alpha value is -2.66. The molecule has 0 saturated heterocycles. The van der Waals surface area contributed by atoms with Crippen LogP contribution in [0.25, 0.3) is 22.2 Å². The maximum absolute atomic E-state index is 11.5. The fourth-order valence-electron chi connectivity index (χ4n) is 2.52. The lowest BCUT2D eigenvalue weighted by atomic mass is 10.0. The smallest absolute Gasteiger partial charge is 0.322 e. The third kappa shape index (κ3) is 3.10. The minimum atomic E-state index is -0.680. The summed E-state index contributed by atoms with van der Waals surface area (Å²) in [5.74, 6) is 0.294. The van der Waals surface area contributed by atoms with E-state index in [9.17, 15) is 4.79 Å². The zero-order valence-electron chi connectivity index (χ0n) is 13.1. The summed E-state index contributed by atoms with van der Waals surface area (Å²) >= 11 is 0. The lowest BCUT2D eigenvalue weighted by Crippen LogP contribution is -2.33. The Morgan fingerprint density at radius 3 is 2.70 bits per heavy atom. The Balaban J connectivity index is 1.97. The number of hydrogen-bond acceptors (Lipinski definition) is 5. The number of fused-ring (bicyclic) bond motifs is 1. The van der Waals surface area contributed by atoms with Crippen molar-refractivity contribution in [1.82, 2.24) is 5.16 Å². The first-order valence-corrected chi connectivity index (χ1v) is 7.37. The molecule has 1 aromatic heterocycles. The van der Waals surface area contributed by atoms with Gasteiger partial charge >= 0.3 is 5.97 Å². The number of benzene rings is 2. The van der Waals surface area contributed by atoms with Gasteiger partial charge in [0.05, 0.1) is 7.11 Å². The number of hydrogen-bond donors (Lipinski definition) is 1. The van der Waals surface area contributed by atoms with Gasteiger partial charge in [0.2, 0.25) is 0 Å². The number of nitrogens with two attached hydrogens (primary N) is 1. The van der Waals surface area contributed by atoms with E-state index in [1.165, 1.54) is 12.7 Å². The molecule has 0 spiro atoms. The molecule has 0 aliphatic carbocycles. The molecule has 0 aliphatic rings. The lowest BCUT2D eigenvalue weighted by Gasteiger charge is -2.09. The average Bonchev–Trinajstić information content (AvgIpc) is 2.98. The van der Waals surface area contributed by atoms with Crippen molar-refractivity contribution in [3.63, 3.8) is 0 Å². The monoisotopic (exact) mass is 310 g/mol. The van der Waals surface area contributed by atoms with Crippen LogP contribution in [0.2, 0.25) is 0 Å². The summed E-state index contributed by atoms with van der Waals surface area (Å²) in [6, 6.07) is 13.1. The lowest BCUT2D eigenvalue weighted by molar-refractivity contribution is -0.142. The van der Waals surface area contributed by atoms with E-state index in [1.54, 1.807) is 0 Å². The molecule has 3 rings (SSSR count). The second-order valence-corrected chi connectivity index (χ2v) is 5.56. The van der Waals surface area contributed by atoms with Crippen LogP contribution in [0.15, 0.2) is 47.0 Å². The summed E-state index contributed by atoms with van der Waals surface area (Å²) in [5, 5.41) is 5.00. The number of methoxy groups -OCH3 is 1. The van der Waals surface area contributed by atoms with Gasteiger partial charge in [0, 0.05) is 10.9 Å². The van der Waals surface area contributed by atoms with Gasteiger partial charge in [-0.05, 0) is 31.0 Å². The molecule has 23 heavy (non-hydrogen) atoms. The molecule has 2 N–H and O–H groups in total. The highest BCUT2D eigenvalue weighted by atomic mass is 16.5. The van der Waals surface area contributed by atoms with Crippen molar-refractivity contribution in [3.05, 3.63) is 53.6 Å². The first kappa shape index (κ1) is 15.2. The Morgan fingerprint density at radius 1 is 1.26 bits per heavy atom. The normalized spacial score (nSPS) is 12.3. The number of esters is 1. The third-order valence-electron chi connectivity index (χ3n) is 3.81. The molecule has 1 unspecified atom stereocenters. The number of rotatable bonds is 4. The van der Waals surface area contributed by atoms with Gasteiger partial charge in [-0.1, -0.05) is 41.1 Å². The molecule has 2 aromatic carbocycles. The predicted octanol–water partition coefficient (Wildman–Crippen LogP) is 2.85. The summed E-state index contributed by atoms with van der Waals surface area (Å²) in [6.07, 6.45) is 0.404. The van der Waals surface area contributed by atoms with E-state index in [4.69, 9.17) is 10.3 Å². The van der Waals surface area contributed by atoms with E-state index in [0.717, 1.165) is 22.0 Å². The van der Waals surface area contributed by atoms with Gasteiger partial charge in [-0.3, -0.25) is 4.79 Å². The molecule has 0 amide bonds. The molecule has 118 valence electrons. The SMILES string of the molecule is COC(=O)C(N)Cc1ccc2noc(-c3ccc(C)cc3)c2c1. The van der Waals surface area contributed by atoms with Crippen molar-refractivity contribution in [1.29, 1.82) is 0 Å². The molecule has 0 saturated carbocycles. The van der Waals surface area contributed by atoms with Gasteiger partial charge in [-0.25, -0.2) is 0 Å². The first-order chi connectivity index (χ1) is 11.1. The molecule has 5 heteroatoms. The minimum Gasteiger partial charge on any atom is -0.468 e. The Bertz CT molecular complexity index is 837. The van der Waals surface area contributed by atoms with E-state index in [0.29, 0.717) is 12.2 Å². The second-order valence-electron chi connectivity index (χ2n) is 5.56. The summed E-state index contributed by atoms with van der Waals surface area (Å²) in [7, 11) is 1.33. The van der Waals surface area contributed by atoms with Gasteiger partial charge in [0.15, 0.2) is 5.76 Å². The number of aryl methyl sites for hydroxylation is 1. The zero-order valence-corrected chi connectivity index (χ0v) is 13.1. The summed E-state index contributed by atoms with van der Waals surface area (Å²) in [6.45, 7) is 2.04. The average molecular weight is 310 g/mol. The highest BCUT2D eigenvalue weighted by molar-refractivity contribution is 5.92. The molecular weight excluding hydrogens is 292 g/mol. The Labute approximate surface area is 134 Å². The van der Waals surface area contributed by atoms with Crippen LogP contribution < -0.4 is 5.73 Å². The van der Waals surface area contributed by atoms with E-state index in [-0.39, 0.29) is 0 Å². The second kappa shape index (κ2) is 6.22. The number of nitrogens with zero attached hydrogens (tertiary/aromatic N) is 1. The Kier molecular flexibility index (Phi) is 4.12. The van der Waals surface area contributed by atoms with Gasteiger partial charge in [0.1, 0.15) is 11.6 Å². The largest absolute Gasteiger partial charge is 0.468 e. The van der Waals surface area contributed by atoms with Crippen LogP contribution in [0.5, 0.6) is 0 Å². The highest BCUT2D eigenvalue weighted by Gasteiger charge is 2.16. The van der Waals surface area contributed by atoms with Crippen molar-refractivity contribution < 1.29 is 14.1 Å². The zero-order chi connectivity index (χ0) is 16.4. The highest BCUT2D eigenvalue weighted by Crippen LogP contribution is 2.29. The van der Waals surface area contributed by atoms with E-state index in [2.05, 4.69) is 9.89 Å². The molecule has 3 aromatic rings. The van der Waals surface area contributed by atoms with Crippen molar-refractivity contribution in [2.45, 2.75) is 19.4 Å². The van der Waals surface area contributed by atoms with Crippen LogP contribution in [0.3, 0.4) is 0 Å². The number of aromatic nitrogens is 1. The Morgan fingerprint density at radius 2 is 2.00 bits per heavy atom. The van der Waals surface area contributed by atoms with Crippen LogP contribution in [-0.2, 0) is 16.0 Å². The van der Waals surface area contributed by atoms with Crippen LogP contribution in [0.1, 0.15) is 11.1 Å². The molecule has 1 heterocycles. The standard InChI is InChI=1S/C18H18N2O3/c1-11-3-6-13(7-4-11)17-14-9-12(5-8-16(14)20-23-17)10-15(19)18(21)22-2/h3-9,15H,10,19H2,1-2H3. The summed E-state index contributed by atoms with van der Waals surface area (Å²) in [5.41, 5.74) is 9.69. The van der Waals surface area contributed by atoms with Crippen LogP contribution in [-0.4, -0.2) is 24.3 Å². The topological polar surface area (TPSA) is 78.4 Å². The van der Waals surface area contributed by atoms with E-state index >= 15 is 0 Å². The van der Waals surface area contributed by atoms with Crippen molar-refractivity contribution >= 4 is 16.9 Å². The summed E-state index contributed by atoms with van der Waals surface area (Å²) in [4.78, 5) is 11.5. The fourth-order valence-corrected chi connectivity index (χ4v) is 2.52. The number of carbonyl (C=O) groups excluding carboxylic acids is 1. The quantitative estimate of drug-likeness (QED) is 0.750. The summed E-state index contributed by atoms with van der Waals surface area (Å²) < 4.78 is 10.2. The fraction of sp³-hybridized carbons (Fsp3) is 0.222. The number of carbonyl (C=O) groups is 1. The van der Waals surface area contributed by atoms with Crippen LogP contribution >= 0.6 is 0 Å². The maximum Gasteiger partial charge on any atom is 0.322 e. The van der Waals surface area contributed by atoms with Crippen molar-refractivity contribution in [2.24, 2.45) is 5.73 Å². The molecule has 0 radical (unpaired) electrons. The van der Waals surface area contributed by atoms with Crippen molar-refractivity contribution in [3.8, 4) is 11.3 Å². The van der Waals surface area contributed by atoms with Crippen LogP contribution in [0.4, 0.5) is 0 Å². The molecule has 1 atom stereocenters. The molecule has 5 nitrogen and oxygen atoms in total. The van der Waals surface area contributed by atoms with Gasteiger partial charge in [-0.2, -0.15) is 0 Å². The van der Waals surface area contributed by atoms with Gasteiger partial charge in [-0.15, -0.1) is 0 Å². The molecule has 0 bridgehead atoms. The van der Waals surface area contributed by atoms with Crippen LogP contribution in [0, 0.1) is 6.92 Å². The van der Waals surface area contributed by atoms with E-state index < -0.39 is 12.0 Å². The van der Waals surface area contributed by atoms with Crippen molar-refractivity contribution in [2.75, 3.05) is 7.11 Å². The predicted molar refractivity (Wildman–Crippen MR) is 87.9 cm³/mol. The maximum atomic E-state index is 11.5. The minimum absolute atomic E-state index is 0.404. The molecular formula is C18H18N2O3. The molecule has 0 aliphatic heterocycles.